The van der Waals surface area contributed by atoms with Gasteiger partial charge in [0, 0.05) is 32.0 Å². The number of hydrogen-bond donors (Lipinski definition) is 1. The molecule has 1 amide bonds. The summed E-state index contributed by atoms with van der Waals surface area (Å²) in [6.45, 7) is 5.41. The third-order valence-corrected chi connectivity index (χ3v) is 8.05. The quantitative estimate of drug-likeness (QED) is 0.689. The van der Waals surface area contributed by atoms with Crippen molar-refractivity contribution < 1.29 is 27.4 Å². The first-order valence-electron chi connectivity index (χ1n) is 11.0. The number of fused-ring (bicyclic) bond motifs is 1. The number of carbonyl (C=O) groups is 1. The van der Waals surface area contributed by atoms with Gasteiger partial charge in [-0.25, -0.2) is 12.8 Å². The largest absolute Gasteiger partial charge is 0.487 e. The smallest absolute Gasteiger partial charge is 0.247 e. The van der Waals surface area contributed by atoms with Gasteiger partial charge < -0.3 is 14.7 Å². The molecule has 0 fully saturated rings. The van der Waals surface area contributed by atoms with Gasteiger partial charge in [-0.3, -0.25) is 4.79 Å². The predicted molar refractivity (Wildman–Crippen MR) is 124 cm³/mol. The Morgan fingerprint density at radius 1 is 1.24 bits per heavy atom. The van der Waals surface area contributed by atoms with Crippen LogP contribution in [0.2, 0.25) is 0 Å². The zero-order chi connectivity index (χ0) is 24.3. The zero-order valence-electron chi connectivity index (χ0n) is 19.4. The summed E-state index contributed by atoms with van der Waals surface area (Å²) in [5.74, 6) is -0.499. The highest BCUT2D eigenvalue weighted by Crippen LogP contribution is 2.36. The van der Waals surface area contributed by atoms with Crippen LogP contribution in [0.4, 0.5) is 4.39 Å². The molecule has 1 heterocycles. The molecule has 0 unspecified atom stereocenters. The molecule has 1 aliphatic rings. The van der Waals surface area contributed by atoms with Crippen LogP contribution < -0.4 is 4.74 Å². The number of likely N-dealkylation sites (N-methyl/N-ethyl adjacent to an activating group) is 1. The average Bonchev–Trinajstić information content (AvgIpc) is 2.80. The molecule has 9 heteroatoms. The third-order valence-electron chi connectivity index (χ3n) is 6.03. The number of benzene rings is 2. The number of amides is 1. The number of aliphatic hydroxyl groups is 1. The van der Waals surface area contributed by atoms with Crippen molar-refractivity contribution in [2.45, 2.75) is 44.2 Å². The molecule has 3 rings (SSSR count). The molecule has 7 nitrogen and oxygen atoms in total. The van der Waals surface area contributed by atoms with Crippen molar-refractivity contribution in [3.8, 4) is 16.9 Å². The van der Waals surface area contributed by atoms with E-state index in [2.05, 4.69) is 0 Å². The van der Waals surface area contributed by atoms with Crippen LogP contribution in [0.5, 0.6) is 5.75 Å². The molecule has 0 aliphatic carbocycles. The lowest BCUT2D eigenvalue weighted by atomic mass is 10.0. The first-order chi connectivity index (χ1) is 15.6. The summed E-state index contributed by atoms with van der Waals surface area (Å²) in [5.41, 5.74) is 1.39. The van der Waals surface area contributed by atoms with E-state index in [0.29, 0.717) is 17.5 Å². The lowest BCUT2D eigenvalue weighted by molar-refractivity contribution is -0.131. The van der Waals surface area contributed by atoms with Gasteiger partial charge in [-0.2, -0.15) is 4.31 Å². The fourth-order valence-electron chi connectivity index (χ4n) is 3.91. The number of sulfonamides is 1. The van der Waals surface area contributed by atoms with Crippen LogP contribution >= 0.6 is 0 Å². The Balaban J connectivity index is 2.11. The maximum absolute atomic E-state index is 13.5. The Labute approximate surface area is 194 Å². The molecule has 2 aromatic rings. The first kappa shape index (κ1) is 25.1. The maximum Gasteiger partial charge on any atom is 0.247 e. The number of aliphatic hydroxyl groups excluding tert-OH is 1. The fraction of sp³-hybridized carbons (Fsp3) is 0.458. The van der Waals surface area contributed by atoms with Gasteiger partial charge in [0.1, 0.15) is 22.6 Å². The van der Waals surface area contributed by atoms with Gasteiger partial charge in [0.05, 0.1) is 13.2 Å². The van der Waals surface area contributed by atoms with Crippen molar-refractivity contribution >= 4 is 15.9 Å². The van der Waals surface area contributed by atoms with E-state index < -0.39 is 22.2 Å². The van der Waals surface area contributed by atoms with Crippen molar-refractivity contribution in [3.05, 3.63) is 48.3 Å². The summed E-state index contributed by atoms with van der Waals surface area (Å²) >= 11 is 0. The van der Waals surface area contributed by atoms with E-state index >= 15 is 0 Å². The lowest BCUT2D eigenvalue weighted by Gasteiger charge is -2.37. The molecule has 1 aliphatic heterocycles. The Morgan fingerprint density at radius 3 is 2.48 bits per heavy atom. The van der Waals surface area contributed by atoms with E-state index in [0.717, 1.165) is 0 Å². The number of rotatable bonds is 6. The van der Waals surface area contributed by atoms with Crippen molar-refractivity contribution in [1.82, 2.24) is 9.21 Å². The van der Waals surface area contributed by atoms with Crippen LogP contribution in [0.15, 0.2) is 47.4 Å². The first-order valence-corrected chi connectivity index (χ1v) is 12.5. The molecule has 0 spiro atoms. The molecular weight excluding hydrogens is 447 g/mol. The summed E-state index contributed by atoms with van der Waals surface area (Å²) in [6.07, 6.45) is -0.123. The average molecular weight is 479 g/mol. The van der Waals surface area contributed by atoms with Gasteiger partial charge in [-0.05, 0) is 42.3 Å². The Morgan fingerprint density at radius 2 is 1.88 bits per heavy atom. The van der Waals surface area contributed by atoms with E-state index in [4.69, 9.17) is 4.74 Å². The highest BCUT2D eigenvalue weighted by atomic mass is 32.2. The van der Waals surface area contributed by atoms with Crippen LogP contribution in [-0.2, 0) is 14.8 Å². The second-order valence-electron chi connectivity index (χ2n) is 8.54. The number of nitrogens with zero attached hydrogens (tertiary/aromatic N) is 2. The van der Waals surface area contributed by atoms with E-state index in [1.54, 1.807) is 50.1 Å². The molecule has 0 saturated heterocycles. The molecule has 1 N–H and O–H groups in total. The van der Waals surface area contributed by atoms with Crippen molar-refractivity contribution in [2.24, 2.45) is 5.92 Å². The van der Waals surface area contributed by atoms with E-state index in [9.17, 15) is 22.7 Å². The van der Waals surface area contributed by atoms with Crippen molar-refractivity contribution in [1.29, 1.82) is 0 Å². The van der Waals surface area contributed by atoms with Crippen LogP contribution in [0, 0.1) is 11.7 Å². The van der Waals surface area contributed by atoms with E-state index in [1.807, 2.05) is 6.92 Å². The van der Waals surface area contributed by atoms with Gasteiger partial charge in [-0.15, -0.1) is 0 Å². The molecule has 0 aromatic heterocycles. The third kappa shape index (κ3) is 5.37. The number of carbonyl (C=O) groups excluding carboxylic acids is 1. The van der Waals surface area contributed by atoms with Crippen LogP contribution in [0.25, 0.3) is 11.1 Å². The minimum absolute atomic E-state index is 0.00460. The SMILES string of the molecule is CCC(=O)N(C)C[C@@H]1Oc2cc(-c3ccc(F)cc3)ccc2S(=O)(=O)N([C@@H](C)CO)C[C@H]1C. The van der Waals surface area contributed by atoms with Gasteiger partial charge in [0.15, 0.2) is 0 Å². The summed E-state index contributed by atoms with van der Waals surface area (Å²) in [4.78, 5) is 13.8. The summed E-state index contributed by atoms with van der Waals surface area (Å²) < 4.78 is 48.0. The maximum atomic E-state index is 13.5. The van der Waals surface area contributed by atoms with Gasteiger partial charge in [0.25, 0.3) is 0 Å². The van der Waals surface area contributed by atoms with Crippen molar-refractivity contribution in [3.63, 3.8) is 0 Å². The standard InChI is InChI=1S/C24H31FN2O5S/c1-5-24(29)26(4)14-22-16(2)13-27(17(3)15-28)33(30,31)23-11-8-19(12-21(23)32-22)18-6-9-20(25)10-7-18/h6-12,16-17,22,28H,5,13-15H2,1-4H3/t16-,17+,22+/m1/s1. The lowest BCUT2D eigenvalue weighted by Crippen LogP contribution is -2.50. The molecule has 0 saturated carbocycles. The highest BCUT2D eigenvalue weighted by molar-refractivity contribution is 7.89. The summed E-state index contributed by atoms with van der Waals surface area (Å²) in [5, 5.41) is 9.73. The molecule has 0 radical (unpaired) electrons. The normalized spacial score (nSPS) is 21.3. The highest BCUT2D eigenvalue weighted by Gasteiger charge is 2.38. The van der Waals surface area contributed by atoms with Gasteiger partial charge in [0.2, 0.25) is 15.9 Å². The molecule has 33 heavy (non-hydrogen) atoms. The topological polar surface area (TPSA) is 87.2 Å². The Bertz CT molecular complexity index is 1090. The fourth-order valence-corrected chi connectivity index (χ4v) is 5.73. The van der Waals surface area contributed by atoms with E-state index in [-0.39, 0.29) is 48.0 Å². The molecule has 3 atom stereocenters. The minimum atomic E-state index is -3.96. The molecule has 0 bridgehead atoms. The Kier molecular flexibility index (Phi) is 7.76. The Hall–Kier alpha value is -2.49. The van der Waals surface area contributed by atoms with Gasteiger partial charge in [-0.1, -0.05) is 32.0 Å². The second kappa shape index (κ2) is 10.2. The molecular formula is C24H31FN2O5S. The molecule has 2 aromatic carbocycles. The molecule has 180 valence electrons. The predicted octanol–water partition coefficient (Wildman–Crippen LogP) is 3.13. The summed E-state index contributed by atoms with van der Waals surface area (Å²) in [6, 6.07) is 10.0. The monoisotopic (exact) mass is 478 g/mol. The van der Waals surface area contributed by atoms with Crippen LogP contribution in [-0.4, -0.2) is 67.5 Å². The summed E-state index contributed by atoms with van der Waals surface area (Å²) in [7, 11) is -2.26. The van der Waals surface area contributed by atoms with E-state index in [1.165, 1.54) is 22.5 Å². The van der Waals surface area contributed by atoms with Crippen LogP contribution in [0.3, 0.4) is 0 Å². The second-order valence-corrected chi connectivity index (χ2v) is 10.4. The zero-order valence-corrected chi connectivity index (χ0v) is 20.2. The minimum Gasteiger partial charge on any atom is -0.487 e. The number of halogens is 1. The van der Waals surface area contributed by atoms with Crippen molar-refractivity contribution in [2.75, 3.05) is 26.7 Å². The van der Waals surface area contributed by atoms with Crippen LogP contribution in [0.1, 0.15) is 27.2 Å². The number of hydrogen-bond acceptors (Lipinski definition) is 5. The number of ether oxygens (including phenoxy) is 1. The van der Waals surface area contributed by atoms with Gasteiger partial charge >= 0.3 is 0 Å².